The highest BCUT2D eigenvalue weighted by Gasteiger charge is 2.22. The minimum Gasteiger partial charge on any atom is -0.497 e. The molecule has 0 aliphatic rings. The quantitative estimate of drug-likeness (QED) is 0.621. The molecule has 0 fully saturated rings. The van der Waals surface area contributed by atoms with E-state index < -0.39 is 15.9 Å². The predicted molar refractivity (Wildman–Crippen MR) is 119 cm³/mol. The first-order valence-electron chi connectivity index (χ1n) is 9.74. The highest BCUT2D eigenvalue weighted by atomic mass is 32.2. The zero-order valence-corrected chi connectivity index (χ0v) is 18.9. The molecule has 2 rings (SSSR count). The summed E-state index contributed by atoms with van der Waals surface area (Å²) >= 11 is 0. The second-order valence-corrected chi connectivity index (χ2v) is 9.38. The zero-order chi connectivity index (χ0) is 22.3. The average Bonchev–Trinajstić information content (AvgIpc) is 2.70. The van der Waals surface area contributed by atoms with Crippen LogP contribution in [0.1, 0.15) is 32.3 Å². The Morgan fingerprint density at radius 3 is 2.07 bits per heavy atom. The van der Waals surface area contributed by atoms with E-state index >= 15 is 0 Å². The molecule has 0 aromatic heterocycles. The number of sulfonamides is 1. The molecule has 7 nitrogen and oxygen atoms in total. The van der Waals surface area contributed by atoms with Gasteiger partial charge in [-0.05, 0) is 54.8 Å². The van der Waals surface area contributed by atoms with Gasteiger partial charge in [-0.25, -0.2) is 8.42 Å². The van der Waals surface area contributed by atoms with Crippen LogP contribution in [0, 0.1) is 0 Å². The Balaban J connectivity index is 1.96. The lowest BCUT2D eigenvalue weighted by Gasteiger charge is -2.23. The number of benzene rings is 2. The first-order valence-corrected chi connectivity index (χ1v) is 11.6. The zero-order valence-electron chi connectivity index (χ0n) is 18.1. The summed E-state index contributed by atoms with van der Waals surface area (Å²) in [4.78, 5) is 12.5. The fourth-order valence-corrected chi connectivity index (χ4v) is 3.67. The molecule has 1 amide bonds. The second kappa shape index (κ2) is 10.3. The SMILES string of the molecule is COc1ccc(OCC(C)NC(=O)CN(c2ccc(C(C)C)cc2)S(C)(=O)=O)cc1. The van der Waals surface area contributed by atoms with E-state index in [1.54, 1.807) is 50.4 Å². The fourth-order valence-electron chi connectivity index (χ4n) is 2.81. The van der Waals surface area contributed by atoms with Crippen LogP contribution in [0.15, 0.2) is 48.5 Å². The molecule has 0 saturated heterocycles. The van der Waals surface area contributed by atoms with E-state index in [2.05, 4.69) is 19.2 Å². The van der Waals surface area contributed by atoms with E-state index in [9.17, 15) is 13.2 Å². The Hall–Kier alpha value is -2.74. The second-order valence-electron chi connectivity index (χ2n) is 7.47. The van der Waals surface area contributed by atoms with Crippen molar-refractivity contribution in [3.63, 3.8) is 0 Å². The van der Waals surface area contributed by atoms with E-state index in [4.69, 9.17) is 9.47 Å². The van der Waals surface area contributed by atoms with Crippen molar-refractivity contribution < 1.29 is 22.7 Å². The van der Waals surface area contributed by atoms with E-state index in [-0.39, 0.29) is 19.2 Å². The first-order chi connectivity index (χ1) is 14.1. The van der Waals surface area contributed by atoms with Crippen LogP contribution in [0.2, 0.25) is 0 Å². The number of hydrogen-bond donors (Lipinski definition) is 1. The van der Waals surface area contributed by atoms with Gasteiger partial charge in [-0.2, -0.15) is 0 Å². The minimum atomic E-state index is -3.61. The molecule has 0 radical (unpaired) electrons. The highest BCUT2D eigenvalue weighted by molar-refractivity contribution is 7.92. The van der Waals surface area contributed by atoms with E-state index in [1.807, 2.05) is 12.1 Å². The molecule has 2 aromatic carbocycles. The molecule has 0 aliphatic carbocycles. The maximum atomic E-state index is 12.5. The van der Waals surface area contributed by atoms with E-state index in [0.29, 0.717) is 17.4 Å². The molecule has 0 spiro atoms. The molecule has 0 heterocycles. The number of ether oxygens (including phenoxy) is 2. The Morgan fingerprint density at radius 1 is 1.00 bits per heavy atom. The Labute approximate surface area is 179 Å². The van der Waals surface area contributed by atoms with Crippen LogP contribution in [0.4, 0.5) is 5.69 Å². The molecule has 0 saturated carbocycles. The summed E-state index contributed by atoms with van der Waals surface area (Å²) in [6.07, 6.45) is 1.09. The lowest BCUT2D eigenvalue weighted by atomic mass is 10.0. The number of nitrogens with zero attached hydrogens (tertiary/aromatic N) is 1. The molecule has 164 valence electrons. The maximum absolute atomic E-state index is 12.5. The minimum absolute atomic E-state index is 0.250. The summed E-state index contributed by atoms with van der Waals surface area (Å²) in [5.41, 5.74) is 1.56. The van der Waals surface area contributed by atoms with Crippen LogP contribution < -0.4 is 19.1 Å². The molecule has 30 heavy (non-hydrogen) atoms. The first kappa shape index (κ1) is 23.5. The molecule has 0 aliphatic heterocycles. The third kappa shape index (κ3) is 6.95. The molecule has 1 unspecified atom stereocenters. The van der Waals surface area contributed by atoms with Gasteiger partial charge in [-0.3, -0.25) is 9.10 Å². The van der Waals surface area contributed by atoms with Crippen LogP contribution in [0.3, 0.4) is 0 Å². The standard InChI is InChI=1S/C22H30N2O5S/c1-16(2)18-6-8-19(9-7-18)24(30(5,26)27)14-22(25)23-17(3)15-29-21-12-10-20(28-4)11-13-21/h6-13,16-17H,14-15H2,1-5H3,(H,23,25). The number of nitrogens with one attached hydrogen (secondary N) is 1. The third-order valence-electron chi connectivity index (χ3n) is 4.50. The van der Waals surface area contributed by atoms with Gasteiger partial charge in [0.1, 0.15) is 24.7 Å². The van der Waals surface area contributed by atoms with Gasteiger partial charge in [-0.15, -0.1) is 0 Å². The lowest BCUT2D eigenvalue weighted by Crippen LogP contribution is -2.44. The number of methoxy groups -OCH3 is 1. The van der Waals surface area contributed by atoms with Crippen molar-refractivity contribution in [2.75, 3.05) is 30.8 Å². The van der Waals surface area contributed by atoms with Crippen LogP contribution >= 0.6 is 0 Å². The maximum Gasteiger partial charge on any atom is 0.241 e. The summed E-state index contributed by atoms with van der Waals surface area (Å²) in [5, 5.41) is 2.78. The van der Waals surface area contributed by atoms with Crippen LogP contribution in [-0.4, -0.2) is 46.9 Å². The van der Waals surface area contributed by atoms with Gasteiger partial charge in [0.05, 0.1) is 25.1 Å². The highest BCUT2D eigenvalue weighted by Crippen LogP contribution is 2.22. The van der Waals surface area contributed by atoms with Crippen molar-refractivity contribution in [1.29, 1.82) is 0 Å². The number of hydrogen-bond acceptors (Lipinski definition) is 5. The molecule has 0 bridgehead atoms. The molecular formula is C22H30N2O5S. The Kier molecular flexibility index (Phi) is 8.11. The Bertz CT molecular complexity index is 925. The van der Waals surface area contributed by atoms with Gasteiger partial charge in [0.25, 0.3) is 0 Å². The normalized spacial score (nSPS) is 12.3. The topological polar surface area (TPSA) is 84.9 Å². The van der Waals surface area contributed by atoms with Crippen LogP contribution in [-0.2, 0) is 14.8 Å². The summed E-state index contributed by atoms with van der Waals surface area (Å²) in [7, 11) is -2.03. The summed E-state index contributed by atoms with van der Waals surface area (Å²) in [6.45, 7) is 5.87. The molecule has 1 atom stereocenters. The summed E-state index contributed by atoms with van der Waals surface area (Å²) in [5.74, 6) is 1.31. The largest absolute Gasteiger partial charge is 0.497 e. The number of amides is 1. The van der Waals surface area contributed by atoms with Crippen molar-refractivity contribution >= 4 is 21.6 Å². The molecular weight excluding hydrogens is 404 g/mol. The van der Waals surface area contributed by atoms with Gasteiger partial charge in [0.15, 0.2) is 0 Å². The number of rotatable bonds is 10. The number of anilines is 1. The van der Waals surface area contributed by atoms with Gasteiger partial charge in [0, 0.05) is 0 Å². The number of carbonyl (C=O) groups excluding carboxylic acids is 1. The van der Waals surface area contributed by atoms with Gasteiger partial charge < -0.3 is 14.8 Å². The van der Waals surface area contributed by atoms with Gasteiger partial charge in [0.2, 0.25) is 15.9 Å². The van der Waals surface area contributed by atoms with Crippen molar-refractivity contribution in [2.24, 2.45) is 0 Å². The molecule has 2 aromatic rings. The van der Waals surface area contributed by atoms with Gasteiger partial charge in [-0.1, -0.05) is 26.0 Å². The Morgan fingerprint density at radius 2 is 1.57 bits per heavy atom. The van der Waals surface area contributed by atoms with Gasteiger partial charge >= 0.3 is 0 Å². The molecule has 1 N–H and O–H groups in total. The molecule has 8 heteroatoms. The van der Waals surface area contributed by atoms with E-state index in [0.717, 1.165) is 21.9 Å². The number of carbonyl (C=O) groups is 1. The smallest absolute Gasteiger partial charge is 0.241 e. The van der Waals surface area contributed by atoms with Crippen molar-refractivity contribution in [2.45, 2.75) is 32.7 Å². The van der Waals surface area contributed by atoms with E-state index in [1.165, 1.54) is 0 Å². The predicted octanol–water partition coefficient (Wildman–Crippen LogP) is 3.17. The summed E-state index contributed by atoms with van der Waals surface area (Å²) in [6, 6.07) is 14.0. The van der Waals surface area contributed by atoms with Crippen LogP contribution in [0.25, 0.3) is 0 Å². The summed E-state index contributed by atoms with van der Waals surface area (Å²) < 4.78 is 36.4. The van der Waals surface area contributed by atoms with Crippen molar-refractivity contribution in [3.05, 3.63) is 54.1 Å². The monoisotopic (exact) mass is 434 g/mol. The fraction of sp³-hybridized carbons (Fsp3) is 0.409. The lowest BCUT2D eigenvalue weighted by molar-refractivity contribution is -0.120. The van der Waals surface area contributed by atoms with Crippen molar-refractivity contribution in [1.82, 2.24) is 5.32 Å². The average molecular weight is 435 g/mol. The van der Waals surface area contributed by atoms with Crippen molar-refractivity contribution in [3.8, 4) is 11.5 Å². The van der Waals surface area contributed by atoms with Crippen LogP contribution in [0.5, 0.6) is 11.5 Å². The third-order valence-corrected chi connectivity index (χ3v) is 5.64.